The number of hydrogen-bond acceptors (Lipinski definition) is 8. The number of aryl methyl sites for hydroxylation is 2. The largest absolute Gasteiger partial charge is 0.394 e. The summed E-state index contributed by atoms with van der Waals surface area (Å²) < 4.78 is 13.4. The van der Waals surface area contributed by atoms with Crippen LogP contribution in [-0.2, 0) is 9.47 Å². The van der Waals surface area contributed by atoms with Crippen LogP contribution in [0.1, 0.15) is 56.0 Å². The van der Waals surface area contributed by atoms with Gasteiger partial charge in [-0.3, -0.25) is 4.90 Å². The monoisotopic (exact) mass is 520 g/mol. The van der Waals surface area contributed by atoms with Gasteiger partial charge in [0, 0.05) is 30.6 Å². The molecule has 204 valence electrons. The molecule has 0 aliphatic carbocycles. The van der Waals surface area contributed by atoms with Crippen molar-refractivity contribution in [1.29, 1.82) is 0 Å². The number of nitrogens with zero attached hydrogens (tertiary/aromatic N) is 6. The molecule has 0 radical (unpaired) electrons. The van der Waals surface area contributed by atoms with Gasteiger partial charge in [0.2, 0.25) is 0 Å². The number of hydrogen-bond donors (Lipinski definition) is 1. The molecule has 2 unspecified atom stereocenters. The third kappa shape index (κ3) is 4.59. The quantitative estimate of drug-likeness (QED) is 0.548. The van der Waals surface area contributed by atoms with Crippen LogP contribution < -0.4 is 4.90 Å². The van der Waals surface area contributed by atoms with Gasteiger partial charge in [-0.05, 0) is 89.2 Å². The fraction of sp³-hybridized carbons (Fsp3) is 0.621. The molecule has 0 spiro atoms. The van der Waals surface area contributed by atoms with Crippen molar-refractivity contribution in [2.75, 3.05) is 51.0 Å². The highest BCUT2D eigenvalue weighted by atomic mass is 16.5. The van der Waals surface area contributed by atoms with Gasteiger partial charge in [0.25, 0.3) is 0 Å². The summed E-state index contributed by atoms with van der Waals surface area (Å²) in [7, 11) is 0. The lowest BCUT2D eigenvalue weighted by atomic mass is 9.86. The third-order valence-corrected chi connectivity index (χ3v) is 8.94. The fourth-order valence-electron chi connectivity index (χ4n) is 6.63. The summed E-state index contributed by atoms with van der Waals surface area (Å²) in [6.07, 6.45) is 5.17. The lowest BCUT2D eigenvalue weighted by molar-refractivity contribution is -0.0486. The number of morpholine rings is 1. The van der Waals surface area contributed by atoms with E-state index >= 15 is 0 Å². The standard InChI is InChI=1S/C29H40N6O3/c1-19-13-22-16-30-35(25(22)14-24(19)21-5-8-33(9-6-21)23-7-11-37-18-23)28-15-27(31-20(2)32-28)34-10-12-38-26(17-36)29(34,3)4/h13-16,21,23,26,36H,5-12,17-18H2,1-4H3. The van der Waals surface area contributed by atoms with E-state index in [9.17, 15) is 5.11 Å². The number of benzene rings is 1. The normalized spacial score (nSPS) is 24.9. The molecular weight excluding hydrogens is 480 g/mol. The zero-order valence-corrected chi connectivity index (χ0v) is 23.1. The second-order valence-electron chi connectivity index (χ2n) is 11.6. The number of aliphatic hydroxyl groups is 1. The zero-order valence-electron chi connectivity index (χ0n) is 23.1. The second-order valence-corrected chi connectivity index (χ2v) is 11.6. The van der Waals surface area contributed by atoms with Gasteiger partial charge in [-0.2, -0.15) is 5.10 Å². The smallest absolute Gasteiger partial charge is 0.159 e. The Kier molecular flexibility index (Phi) is 6.88. The number of fused-ring (bicyclic) bond motifs is 1. The molecule has 9 heteroatoms. The van der Waals surface area contributed by atoms with Gasteiger partial charge in [-0.25, -0.2) is 14.6 Å². The molecular formula is C29H40N6O3. The average Bonchev–Trinajstić information content (AvgIpc) is 3.58. The Bertz CT molecular complexity index is 1290. The van der Waals surface area contributed by atoms with Gasteiger partial charge in [-0.1, -0.05) is 0 Å². The van der Waals surface area contributed by atoms with Gasteiger partial charge in [-0.15, -0.1) is 0 Å². The van der Waals surface area contributed by atoms with E-state index in [0.717, 1.165) is 55.3 Å². The summed E-state index contributed by atoms with van der Waals surface area (Å²) in [6, 6.07) is 7.23. The van der Waals surface area contributed by atoms with Crippen molar-refractivity contribution in [3.8, 4) is 5.82 Å². The molecule has 6 rings (SSSR count). The molecule has 2 atom stereocenters. The van der Waals surface area contributed by atoms with E-state index in [0.29, 0.717) is 30.9 Å². The first kappa shape index (κ1) is 25.7. The van der Waals surface area contributed by atoms with Crippen LogP contribution in [0, 0.1) is 13.8 Å². The zero-order chi connectivity index (χ0) is 26.4. The topological polar surface area (TPSA) is 88.8 Å². The summed E-state index contributed by atoms with van der Waals surface area (Å²) in [5.74, 6) is 2.84. The van der Waals surface area contributed by atoms with Crippen molar-refractivity contribution in [2.45, 2.75) is 70.6 Å². The maximum absolute atomic E-state index is 9.89. The van der Waals surface area contributed by atoms with Gasteiger partial charge in [0.15, 0.2) is 5.82 Å². The van der Waals surface area contributed by atoms with Crippen molar-refractivity contribution < 1.29 is 14.6 Å². The molecule has 5 heterocycles. The SMILES string of the molecule is Cc1nc(N2CCOC(CO)C2(C)C)cc(-n2ncc3cc(C)c(C4CCN(C5CCOC5)CC4)cc32)n1. The molecule has 3 aliphatic heterocycles. The molecule has 1 aromatic carbocycles. The van der Waals surface area contributed by atoms with E-state index in [1.54, 1.807) is 0 Å². The molecule has 3 fully saturated rings. The Balaban J connectivity index is 1.31. The summed E-state index contributed by atoms with van der Waals surface area (Å²) in [6.45, 7) is 13.6. The molecule has 3 aliphatic rings. The maximum atomic E-state index is 9.89. The predicted octanol–water partition coefficient (Wildman–Crippen LogP) is 3.38. The Morgan fingerprint density at radius 1 is 1.00 bits per heavy atom. The third-order valence-electron chi connectivity index (χ3n) is 8.94. The van der Waals surface area contributed by atoms with Crippen molar-refractivity contribution in [1.82, 2.24) is 24.6 Å². The van der Waals surface area contributed by atoms with E-state index in [4.69, 9.17) is 24.5 Å². The van der Waals surface area contributed by atoms with Crippen molar-refractivity contribution in [3.05, 3.63) is 41.3 Å². The van der Waals surface area contributed by atoms with Gasteiger partial charge in [0.05, 0.1) is 37.1 Å². The first-order chi connectivity index (χ1) is 18.3. The predicted molar refractivity (Wildman–Crippen MR) is 147 cm³/mol. The molecule has 3 saturated heterocycles. The number of likely N-dealkylation sites (tertiary alicyclic amines) is 1. The number of ether oxygens (including phenoxy) is 2. The minimum atomic E-state index is -0.402. The van der Waals surface area contributed by atoms with Gasteiger partial charge in [0.1, 0.15) is 17.7 Å². The lowest BCUT2D eigenvalue weighted by Gasteiger charge is -2.47. The van der Waals surface area contributed by atoms with Crippen molar-refractivity contribution >= 4 is 16.7 Å². The van der Waals surface area contributed by atoms with Crippen LogP contribution in [-0.4, -0.2) is 93.5 Å². The lowest BCUT2D eigenvalue weighted by Crippen LogP contribution is -2.60. The highest BCUT2D eigenvalue weighted by Gasteiger charge is 2.40. The van der Waals surface area contributed by atoms with Crippen LogP contribution in [0.3, 0.4) is 0 Å². The molecule has 0 saturated carbocycles. The van der Waals surface area contributed by atoms with E-state index in [-0.39, 0.29) is 12.7 Å². The molecule has 0 bridgehead atoms. The van der Waals surface area contributed by atoms with Crippen LogP contribution in [0.5, 0.6) is 0 Å². The maximum Gasteiger partial charge on any atom is 0.159 e. The number of piperidine rings is 1. The number of rotatable bonds is 5. The molecule has 2 aromatic heterocycles. The summed E-state index contributed by atoms with van der Waals surface area (Å²) in [5.41, 5.74) is 3.44. The van der Waals surface area contributed by atoms with E-state index < -0.39 is 5.54 Å². The number of aromatic nitrogens is 4. The minimum Gasteiger partial charge on any atom is -0.394 e. The molecule has 3 aromatic rings. The number of anilines is 1. The van der Waals surface area contributed by atoms with E-state index in [1.165, 1.54) is 24.0 Å². The number of aliphatic hydroxyl groups excluding tert-OH is 1. The van der Waals surface area contributed by atoms with Gasteiger partial charge < -0.3 is 19.5 Å². The first-order valence-corrected chi connectivity index (χ1v) is 14.0. The van der Waals surface area contributed by atoms with Gasteiger partial charge >= 0.3 is 0 Å². The van der Waals surface area contributed by atoms with Crippen LogP contribution in [0.15, 0.2) is 24.4 Å². The first-order valence-electron chi connectivity index (χ1n) is 14.0. The summed E-state index contributed by atoms with van der Waals surface area (Å²) in [5, 5.41) is 15.8. The molecule has 9 nitrogen and oxygen atoms in total. The van der Waals surface area contributed by atoms with E-state index in [2.05, 4.69) is 42.7 Å². The van der Waals surface area contributed by atoms with Crippen LogP contribution in [0.4, 0.5) is 5.82 Å². The van der Waals surface area contributed by atoms with Crippen LogP contribution >= 0.6 is 0 Å². The minimum absolute atomic E-state index is 0.0281. The van der Waals surface area contributed by atoms with Crippen molar-refractivity contribution in [3.63, 3.8) is 0 Å². The van der Waals surface area contributed by atoms with Crippen molar-refractivity contribution in [2.24, 2.45) is 0 Å². The summed E-state index contributed by atoms with van der Waals surface area (Å²) in [4.78, 5) is 14.4. The Hall–Kier alpha value is -2.59. The summed E-state index contributed by atoms with van der Waals surface area (Å²) >= 11 is 0. The van der Waals surface area contributed by atoms with Crippen LogP contribution in [0.25, 0.3) is 16.7 Å². The molecule has 38 heavy (non-hydrogen) atoms. The van der Waals surface area contributed by atoms with Crippen LogP contribution in [0.2, 0.25) is 0 Å². The molecule has 0 amide bonds. The highest BCUT2D eigenvalue weighted by molar-refractivity contribution is 5.82. The second kappa shape index (κ2) is 10.2. The Labute approximate surface area is 224 Å². The average molecular weight is 521 g/mol. The highest BCUT2D eigenvalue weighted by Crippen LogP contribution is 2.35. The molecule has 1 N–H and O–H groups in total. The Morgan fingerprint density at radius 3 is 2.53 bits per heavy atom. The van der Waals surface area contributed by atoms with E-state index in [1.807, 2.05) is 23.9 Å². The fourth-order valence-corrected chi connectivity index (χ4v) is 6.63. The Morgan fingerprint density at radius 2 is 1.79 bits per heavy atom.